The van der Waals surface area contributed by atoms with E-state index in [1.54, 1.807) is 0 Å². The molecule has 0 saturated heterocycles. The average molecular weight is 241 g/mol. The van der Waals surface area contributed by atoms with Crippen molar-refractivity contribution in [3.8, 4) is 0 Å². The summed E-state index contributed by atoms with van der Waals surface area (Å²) < 4.78 is 0. The number of nitrogens with one attached hydrogen (secondary N) is 3. The van der Waals surface area contributed by atoms with Crippen LogP contribution in [0.1, 0.15) is 33.1 Å². The molecule has 0 aromatic heterocycles. The third-order valence-corrected chi connectivity index (χ3v) is 2.63. The quantitative estimate of drug-likeness (QED) is 0.525. The molecule has 0 heterocycles. The predicted octanol–water partition coefficient (Wildman–Crippen LogP) is 0.0169. The van der Waals surface area contributed by atoms with Crippen molar-refractivity contribution in [3.63, 3.8) is 0 Å². The van der Waals surface area contributed by atoms with Gasteiger partial charge in [0.05, 0.1) is 0 Å². The first kappa shape index (κ1) is 14.0. The molecule has 1 aliphatic carbocycles. The lowest BCUT2D eigenvalue weighted by Crippen LogP contribution is -2.37. The lowest BCUT2D eigenvalue weighted by Gasteiger charge is -2.08. The molecular formula is C12H23N3O2. The minimum absolute atomic E-state index is 0.00607. The van der Waals surface area contributed by atoms with Crippen LogP contribution in [-0.2, 0) is 9.59 Å². The fourth-order valence-corrected chi connectivity index (χ4v) is 1.36. The lowest BCUT2D eigenvalue weighted by atomic mass is 10.2. The van der Waals surface area contributed by atoms with Gasteiger partial charge in [-0.3, -0.25) is 9.59 Å². The van der Waals surface area contributed by atoms with Crippen molar-refractivity contribution in [3.05, 3.63) is 0 Å². The second-order valence-electron chi connectivity index (χ2n) is 4.77. The third-order valence-electron chi connectivity index (χ3n) is 2.63. The Morgan fingerprint density at radius 1 is 1.12 bits per heavy atom. The zero-order valence-electron chi connectivity index (χ0n) is 10.7. The molecule has 0 bridgehead atoms. The molecule has 1 rings (SSSR count). The van der Waals surface area contributed by atoms with Crippen LogP contribution in [0.5, 0.6) is 0 Å². The van der Waals surface area contributed by atoms with Crippen LogP contribution < -0.4 is 16.0 Å². The van der Waals surface area contributed by atoms with Crippen molar-refractivity contribution in [1.82, 2.24) is 16.0 Å². The summed E-state index contributed by atoms with van der Waals surface area (Å²) >= 11 is 0. The van der Waals surface area contributed by atoms with Gasteiger partial charge in [-0.2, -0.15) is 0 Å². The van der Waals surface area contributed by atoms with Crippen LogP contribution in [-0.4, -0.2) is 37.5 Å². The van der Waals surface area contributed by atoms with E-state index in [2.05, 4.69) is 16.0 Å². The molecule has 0 radical (unpaired) electrons. The fraction of sp³-hybridized carbons (Fsp3) is 0.833. The van der Waals surface area contributed by atoms with Crippen LogP contribution in [0, 0.1) is 5.92 Å². The smallest absolute Gasteiger partial charge is 0.222 e. The normalized spacial score (nSPS) is 14.8. The summed E-state index contributed by atoms with van der Waals surface area (Å²) in [6.07, 6.45) is 2.99. The van der Waals surface area contributed by atoms with Crippen LogP contribution in [0.4, 0.5) is 0 Å². The van der Waals surface area contributed by atoms with E-state index >= 15 is 0 Å². The van der Waals surface area contributed by atoms with Crippen LogP contribution in [0.15, 0.2) is 0 Å². The SMILES string of the molecule is CC(C)C(=O)NCCNC(=O)CCNC1CC1. The first-order chi connectivity index (χ1) is 8.09. The molecule has 5 heteroatoms. The highest BCUT2D eigenvalue weighted by molar-refractivity contribution is 5.78. The highest BCUT2D eigenvalue weighted by atomic mass is 16.2. The molecule has 1 saturated carbocycles. The summed E-state index contributed by atoms with van der Waals surface area (Å²) in [6.45, 7) is 5.43. The van der Waals surface area contributed by atoms with Crippen LogP contribution >= 0.6 is 0 Å². The second kappa shape index (κ2) is 7.27. The second-order valence-corrected chi connectivity index (χ2v) is 4.77. The molecule has 0 aliphatic heterocycles. The lowest BCUT2D eigenvalue weighted by molar-refractivity contribution is -0.124. The Morgan fingerprint density at radius 2 is 1.76 bits per heavy atom. The van der Waals surface area contributed by atoms with Gasteiger partial charge in [-0.05, 0) is 12.8 Å². The van der Waals surface area contributed by atoms with Crippen LogP contribution in [0.3, 0.4) is 0 Å². The number of hydrogen-bond acceptors (Lipinski definition) is 3. The zero-order valence-corrected chi connectivity index (χ0v) is 10.7. The molecule has 0 aromatic rings. The first-order valence-electron chi connectivity index (χ1n) is 6.37. The van der Waals surface area contributed by atoms with Crippen LogP contribution in [0.25, 0.3) is 0 Å². The molecule has 1 aliphatic rings. The van der Waals surface area contributed by atoms with Crippen molar-refractivity contribution in [2.75, 3.05) is 19.6 Å². The molecule has 17 heavy (non-hydrogen) atoms. The van der Waals surface area contributed by atoms with E-state index in [1.165, 1.54) is 12.8 Å². The zero-order chi connectivity index (χ0) is 12.7. The molecule has 1 fully saturated rings. The van der Waals surface area contributed by atoms with Gasteiger partial charge in [-0.25, -0.2) is 0 Å². The van der Waals surface area contributed by atoms with Crippen molar-refractivity contribution in [2.24, 2.45) is 5.92 Å². The Morgan fingerprint density at radius 3 is 2.35 bits per heavy atom. The van der Waals surface area contributed by atoms with Crippen molar-refractivity contribution >= 4 is 11.8 Å². The van der Waals surface area contributed by atoms with Crippen LogP contribution in [0.2, 0.25) is 0 Å². The Labute approximate surface area is 103 Å². The molecular weight excluding hydrogens is 218 g/mol. The first-order valence-corrected chi connectivity index (χ1v) is 6.37. The highest BCUT2D eigenvalue weighted by Crippen LogP contribution is 2.18. The molecule has 5 nitrogen and oxygen atoms in total. The van der Waals surface area contributed by atoms with Gasteiger partial charge in [0.2, 0.25) is 11.8 Å². The van der Waals surface area contributed by atoms with E-state index in [1.807, 2.05) is 13.8 Å². The van der Waals surface area contributed by atoms with E-state index in [-0.39, 0.29) is 17.7 Å². The van der Waals surface area contributed by atoms with Crippen molar-refractivity contribution in [1.29, 1.82) is 0 Å². The molecule has 3 N–H and O–H groups in total. The Hall–Kier alpha value is -1.10. The van der Waals surface area contributed by atoms with Gasteiger partial charge in [-0.15, -0.1) is 0 Å². The number of rotatable bonds is 8. The largest absolute Gasteiger partial charge is 0.354 e. The summed E-state index contributed by atoms with van der Waals surface area (Å²) in [4.78, 5) is 22.6. The maximum Gasteiger partial charge on any atom is 0.222 e. The molecule has 0 spiro atoms. The summed E-state index contributed by atoms with van der Waals surface area (Å²) in [5, 5.41) is 8.81. The molecule has 0 unspecified atom stereocenters. The van der Waals surface area contributed by atoms with E-state index in [0.717, 1.165) is 6.54 Å². The van der Waals surface area contributed by atoms with Gasteiger partial charge in [0.1, 0.15) is 0 Å². The van der Waals surface area contributed by atoms with Gasteiger partial charge in [0.15, 0.2) is 0 Å². The topological polar surface area (TPSA) is 70.2 Å². The van der Waals surface area contributed by atoms with E-state index in [0.29, 0.717) is 25.6 Å². The van der Waals surface area contributed by atoms with Gasteiger partial charge in [-0.1, -0.05) is 13.8 Å². The van der Waals surface area contributed by atoms with Crippen molar-refractivity contribution in [2.45, 2.75) is 39.2 Å². The number of hydrogen-bond donors (Lipinski definition) is 3. The Balaban J connectivity index is 1.90. The van der Waals surface area contributed by atoms with E-state index in [4.69, 9.17) is 0 Å². The third kappa shape index (κ3) is 6.94. The van der Waals surface area contributed by atoms with E-state index < -0.39 is 0 Å². The molecule has 98 valence electrons. The predicted molar refractivity (Wildman–Crippen MR) is 66.5 cm³/mol. The summed E-state index contributed by atoms with van der Waals surface area (Å²) in [6, 6.07) is 0.646. The summed E-state index contributed by atoms with van der Waals surface area (Å²) in [7, 11) is 0. The maximum atomic E-state index is 11.4. The highest BCUT2D eigenvalue weighted by Gasteiger charge is 2.19. The molecule has 2 amide bonds. The van der Waals surface area contributed by atoms with Gasteiger partial charge >= 0.3 is 0 Å². The summed E-state index contributed by atoms with van der Waals surface area (Å²) in [5.41, 5.74) is 0. The maximum absolute atomic E-state index is 11.4. The summed E-state index contributed by atoms with van der Waals surface area (Å²) in [5.74, 6) is 0.0556. The van der Waals surface area contributed by atoms with Crippen molar-refractivity contribution < 1.29 is 9.59 Å². The number of carbonyl (C=O) groups excluding carboxylic acids is 2. The van der Waals surface area contributed by atoms with Gasteiger partial charge in [0, 0.05) is 38.0 Å². The molecule has 0 atom stereocenters. The Kier molecular flexibility index (Phi) is 5.97. The fourth-order valence-electron chi connectivity index (χ4n) is 1.36. The monoisotopic (exact) mass is 241 g/mol. The average Bonchev–Trinajstić information content (AvgIpc) is 3.08. The Bertz CT molecular complexity index is 262. The van der Waals surface area contributed by atoms with Gasteiger partial charge in [0.25, 0.3) is 0 Å². The minimum atomic E-state index is -0.00607. The van der Waals surface area contributed by atoms with Gasteiger partial charge < -0.3 is 16.0 Å². The molecule has 0 aromatic carbocycles. The van der Waals surface area contributed by atoms with E-state index in [9.17, 15) is 9.59 Å². The number of amides is 2. The number of carbonyl (C=O) groups is 2. The minimum Gasteiger partial charge on any atom is -0.354 e. The standard InChI is InChI=1S/C12H23N3O2/c1-9(2)12(17)15-8-7-14-11(16)5-6-13-10-3-4-10/h9-10,13H,3-8H2,1-2H3,(H,14,16)(H,15,17).